The number of rotatable bonds is 5. The zero-order chi connectivity index (χ0) is 31.2. The molecule has 9 aliphatic rings. The summed E-state index contributed by atoms with van der Waals surface area (Å²) in [4.78, 5) is 0. The molecule has 3 N–H and O–H groups in total. The zero-order valence-corrected chi connectivity index (χ0v) is 30.2. The summed E-state index contributed by atoms with van der Waals surface area (Å²) < 4.78 is 7.42. The van der Waals surface area contributed by atoms with Gasteiger partial charge in [-0.25, -0.2) is 0 Å². The van der Waals surface area contributed by atoms with Gasteiger partial charge in [0.15, 0.2) is 0 Å². The molecule has 7 saturated carbocycles. The highest BCUT2D eigenvalue weighted by molar-refractivity contribution is 5.08. The molecule has 2 aliphatic heterocycles. The molecule has 0 aromatic carbocycles. The van der Waals surface area contributed by atoms with Crippen LogP contribution < -0.4 is 16.0 Å². The van der Waals surface area contributed by atoms with Gasteiger partial charge in [-0.05, 0) is 129 Å². The third kappa shape index (κ3) is 6.68. The molecule has 47 heavy (non-hydrogen) atoms. The molecule has 0 aromatic rings. The number of ether oxygens (including phenoxy) is 1. The third-order valence-corrected chi connectivity index (χ3v) is 17.0. The Kier molecular flexibility index (Phi) is 10.3. The summed E-state index contributed by atoms with van der Waals surface area (Å²) in [7, 11) is 0. The Morgan fingerprint density at radius 2 is 0.787 bits per heavy atom. The van der Waals surface area contributed by atoms with Crippen LogP contribution in [0.15, 0.2) is 0 Å². The van der Waals surface area contributed by atoms with Gasteiger partial charge in [0.25, 0.3) is 0 Å². The van der Waals surface area contributed by atoms with Crippen LogP contribution in [0.1, 0.15) is 173 Å². The molecule has 9 rings (SSSR count). The molecule has 0 radical (unpaired) electrons. The summed E-state index contributed by atoms with van der Waals surface area (Å²) in [6.07, 6.45) is 42.4. The Balaban J connectivity index is 0.952. The number of fused-ring (bicyclic) bond motifs is 5. The average Bonchev–Trinajstić information content (AvgIpc) is 3.55. The molecule has 7 aliphatic carbocycles. The number of nitrogens with one attached hydrogen (secondary N) is 3. The molecular weight excluding hydrogens is 574 g/mol. The molecule has 4 heteroatoms. The fraction of sp³-hybridized carbons (Fsp3) is 1.00. The van der Waals surface area contributed by atoms with E-state index in [1.807, 2.05) is 0 Å². The van der Waals surface area contributed by atoms with E-state index in [1.165, 1.54) is 141 Å². The lowest BCUT2D eigenvalue weighted by molar-refractivity contribution is -0.0714. The normalized spacial score (nSPS) is 49.1. The minimum atomic E-state index is 0.472. The smallest absolute Gasteiger partial charge is 0.0628 e. The molecule has 0 aromatic heterocycles. The van der Waals surface area contributed by atoms with Crippen LogP contribution in [-0.2, 0) is 4.74 Å². The molecule has 12 atom stereocenters. The van der Waals surface area contributed by atoms with E-state index in [4.69, 9.17) is 4.74 Å². The Bertz CT molecular complexity index is 975. The van der Waals surface area contributed by atoms with E-state index in [0.717, 1.165) is 65.1 Å². The van der Waals surface area contributed by atoms with E-state index in [-0.39, 0.29) is 0 Å². The van der Waals surface area contributed by atoms with Crippen LogP contribution in [0.5, 0.6) is 0 Å². The van der Waals surface area contributed by atoms with Crippen molar-refractivity contribution in [2.24, 2.45) is 65.1 Å². The second kappa shape index (κ2) is 14.8. The van der Waals surface area contributed by atoms with Crippen LogP contribution in [-0.4, -0.2) is 30.7 Å². The minimum Gasteiger partial charge on any atom is -0.374 e. The average molecular weight is 648 g/mol. The Morgan fingerprint density at radius 1 is 0.298 bits per heavy atom. The molecule has 0 spiro atoms. The number of hydrogen-bond acceptors (Lipinski definition) is 4. The minimum absolute atomic E-state index is 0.472. The van der Waals surface area contributed by atoms with Crippen molar-refractivity contribution >= 4 is 0 Å². The zero-order valence-electron chi connectivity index (χ0n) is 30.2. The van der Waals surface area contributed by atoms with Gasteiger partial charge in [-0.1, -0.05) is 109 Å². The van der Waals surface area contributed by atoms with Crippen molar-refractivity contribution in [2.75, 3.05) is 0 Å². The van der Waals surface area contributed by atoms with E-state index in [2.05, 4.69) is 16.0 Å². The van der Waals surface area contributed by atoms with E-state index in [9.17, 15) is 0 Å². The first-order chi connectivity index (χ1) is 23.3. The highest BCUT2D eigenvalue weighted by Gasteiger charge is 2.59. The maximum atomic E-state index is 7.42. The van der Waals surface area contributed by atoms with Crippen LogP contribution in [0.3, 0.4) is 0 Å². The standard InChI is InChI=1S/C43H73N3O/c1-4-14-28(15-5-1)31-20-12-21-32(26-31)36-27-38-39(34-23-11-10-22-33(34)36)40-35(24-13-25-37(40)47-38)43-45-41(29-16-6-2-7-17-29)44-42(46-43)30-18-8-3-9-19-30/h28-46H,1-27H2. The summed E-state index contributed by atoms with van der Waals surface area (Å²) in [5.74, 6) is 10.0. The second-order valence-electron chi connectivity index (χ2n) is 19.3. The first-order valence-electron chi connectivity index (χ1n) is 22.2. The van der Waals surface area contributed by atoms with Crippen molar-refractivity contribution in [1.82, 2.24) is 16.0 Å². The van der Waals surface area contributed by atoms with Crippen LogP contribution in [0.4, 0.5) is 0 Å². The maximum Gasteiger partial charge on any atom is 0.0628 e. The lowest BCUT2D eigenvalue weighted by atomic mass is 9.52. The molecule has 0 amide bonds. The summed E-state index contributed by atoms with van der Waals surface area (Å²) in [5.41, 5.74) is 0. The monoisotopic (exact) mass is 648 g/mol. The Labute approximate surface area is 289 Å². The quantitative estimate of drug-likeness (QED) is 0.278. The van der Waals surface area contributed by atoms with E-state index in [1.54, 1.807) is 32.1 Å². The van der Waals surface area contributed by atoms with Crippen molar-refractivity contribution in [3.05, 3.63) is 0 Å². The van der Waals surface area contributed by atoms with E-state index in [0.29, 0.717) is 30.7 Å². The molecule has 4 nitrogen and oxygen atoms in total. The Morgan fingerprint density at radius 3 is 1.47 bits per heavy atom. The molecular formula is C43H73N3O. The molecule has 2 heterocycles. The molecule has 12 unspecified atom stereocenters. The largest absolute Gasteiger partial charge is 0.374 e. The Hall–Kier alpha value is -0.160. The summed E-state index contributed by atoms with van der Waals surface area (Å²) in [5, 5.41) is 13.0. The highest BCUT2D eigenvalue weighted by Crippen LogP contribution is 2.61. The molecule has 266 valence electrons. The number of hydrogen-bond donors (Lipinski definition) is 3. The van der Waals surface area contributed by atoms with Crippen molar-refractivity contribution in [3.63, 3.8) is 0 Å². The second-order valence-corrected chi connectivity index (χ2v) is 19.3. The summed E-state index contributed by atoms with van der Waals surface area (Å²) >= 11 is 0. The van der Waals surface area contributed by atoms with Crippen LogP contribution in [0, 0.1) is 65.1 Å². The highest BCUT2D eigenvalue weighted by atomic mass is 16.5. The lowest BCUT2D eigenvalue weighted by Crippen LogP contribution is -2.73. The van der Waals surface area contributed by atoms with Crippen molar-refractivity contribution < 1.29 is 4.74 Å². The lowest BCUT2D eigenvalue weighted by Gasteiger charge is -2.54. The molecule has 0 bridgehead atoms. The SMILES string of the molecule is C1CCC(C2CCCC(C3CC4OC5CCCC(C6NC(C7CCCCC7)NC(C7CCCCC7)N6)C5C4C4CCCCC34)C2)CC1. The van der Waals surface area contributed by atoms with Gasteiger partial charge < -0.3 is 4.74 Å². The van der Waals surface area contributed by atoms with Crippen molar-refractivity contribution in [3.8, 4) is 0 Å². The summed E-state index contributed by atoms with van der Waals surface area (Å²) in [6, 6.07) is 0. The predicted octanol–water partition coefficient (Wildman–Crippen LogP) is 9.92. The first-order valence-corrected chi connectivity index (χ1v) is 22.2. The molecule has 9 fully saturated rings. The van der Waals surface area contributed by atoms with Crippen LogP contribution in [0.2, 0.25) is 0 Å². The van der Waals surface area contributed by atoms with Crippen LogP contribution in [0.25, 0.3) is 0 Å². The van der Waals surface area contributed by atoms with Gasteiger partial charge in [0.1, 0.15) is 0 Å². The molecule has 2 saturated heterocycles. The van der Waals surface area contributed by atoms with Gasteiger partial charge >= 0.3 is 0 Å². The fourth-order valence-corrected chi connectivity index (χ4v) is 15.0. The van der Waals surface area contributed by atoms with Gasteiger partial charge in [0.2, 0.25) is 0 Å². The van der Waals surface area contributed by atoms with Crippen molar-refractivity contribution in [2.45, 2.75) is 204 Å². The first kappa shape index (κ1) is 32.7. The third-order valence-electron chi connectivity index (χ3n) is 17.0. The van der Waals surface area contributed by atoms with Crippen LogP contribution >= 0.6 is 0 Å². The van der Waals surface area contributed by atoms with Crippen molar-refractivity contribution in [1.29, 1.82) is 0 Å². The van der Waals surface area contributed by atoms with E-state index >= 15 is 0 Å². The van der Waals surface area contributed by atoms with Gasteiger partial charge in [-0.3, -0.25) is 16.0 Å². The maximum absolute atomic E-state index is 7.42. The van der Waals surface area contributed by atoms with Gasteiger partial charge in [0.05, 0.1) is 30.7 Å². The van der Waals surface area contributed by atoms with Gasteiger partial charge in [-0.2, -0.15) is 0 Å². The predicted molar refractivity (Wildman–Crippen MR) is 192 cm³/mol. The summed E-state index contributed by atoms with van der Waals surface area (Å²) in [6.45, 7) is 0. The van der Waals surface area contributed by atoms with Gasteiger partial charge in [0, 0.05) is 0 Å². The topological polar surface area (TPSA) is 45.3 Å². The van der Waals surface area contributed by atoms with E-state index < -0.39 is 0 Å². The van der Waals surface area contributed by atoms with Gasteiger partial charge in [-0.15, -0.1) is 0 Å². The fourth-order valence-electron chi connectivity index (χ4n) is 15.0.